The van der Waals surface area contributed by atoms with Crippen molar-refractivity contribution in [2.75, 3.05) is 14.2 Å². The molecular formula is C35H48O8. The van der Waals surface area contributed by atoms with E-state index in [0.29, 0.717) is 29.0 Å². The van der Waals surface area contributed by atoms with Gasteiger partial charge in [-0.25, -0.2) is 0 Å². The number of rotatable bonds is 20. The van der Waals surface area contributed by atoms with Gasteiger partial charge in [-0.3, -0.25) is 14.4 Å². The third kappa shape index (κ3) is 17.5. The number of carboxylic acids is 1. The maximum Gasteiger partial charge on any atom is 0.303 e. The van der Waals surface area contributed by atoms with Gasteiger partial charge >= 0.3 is 5.97 Å². The maximum atomic E-state index is 11.9. The van der Waals surface area contributed by atoms with Crippen molar-refractivity contribution < 1.29 is 39.2 Å². The smallest absolute Gasteiger partial charge is 0.303 e. The lowest BCUT2D eigenvalue weighted by atomic mass is 10.1. The van der Waals surface area contributed by atoms with Crippen molar-refractivity contribution in [3.63, 3.8) is 0 Å². The maximum absolute atomic E-state index is 11.9. The monoisotopic (exact) mass is 596 g/mol. The van der Waals surface area contributed by atoms with Crippen molar-refractivity contribution in [2.24, 2.45) is 0 Å². The first-order chi connectivity index (χ1) is 20.7. The first-order valence-corrected chi connectivity index (χ1v) is 15.1. The van der Waals surface area contributed by atoms with E-state index in [9.17, 15) is 24.6 Å². The Labute approximate surface area is 256 Å². The third-order valence-corrected chi connectivity index (χ3v) is 6.67. The number of unbranched alkanes of at least 4 members (excludes halogenated alkanes) is 10. The molecule has 0 aromatic heterocycles. The van der Waals surface area contributed by atoms with Crippen LogP contribution in [0.15, 0.2) is 48.6 Å². The molecule has 0 spiro atoms. The fourth-order valence-electron chi connectivity index (χ4n) is 4.20. The van der Waals surface area contributed by atoms with Gasteiger partial charge in [0.05, 0.1) is 20.6 Å². The van der Waals surface area contributed by atoms with E-state index in [1.54, 1.807) is 36.4 Å². The summed E-state index contributed by atoms with van der Waals surface area (Å²) in [7, 11) is 2.87. The second kappa shape index (κ2) is 22.5. The predicted molar refractivity (Wildman–Crippen MR) is 171 cm³/mol. The molecule has 0 saturated carbocycles. The van der Waals surface area contributed by atoms with Gasteiger partial charge in [0.1, 0.15) is 0 Å². The Balaban J connectivity index is 0.000000496. The molecule has 8 heteroatoms. The van der Waals surface area contributed by atoms with E-state index in [2.05, 4.69) is 6.92 Å². The lowest BCUT2D eigenvalue weighted by Crippen LogP contribution is -2.01. The van der Waals surface area contributed by atoms with E-state index in [1.165, 1.54) is 96.3 Å². The number of ketones is 2. The number of phenolic OH excluding ortho intramolecular Hbond substituents is 2. The lowest BCUT2D eigenvalue weighted by molar-refractivity contribution is -0.137. The van der Waals surface area contributed by atoms with Crippen molar-refractivity contribution in [1.29, 1.82) is 0 Å². The fourth-order valence-corrected chi connectivity index (χ4v) is 4.20. The first kappa shape index (κ1) is 37.0. The highest BCUT2D eigenvalue weighted by molar-refractivity contribution is 6.10. The van der Waals surface area contributed by atoms with Gasteiger partial charge in [0.25, 0.3) is 0 Å². The van der Waals surface area contributed by atoms with E-state index in [0.717, 1.165) is 12.8 Å². The van der Waals surface area contributed by atoms with Gasteiger partial charge in [-0.2, -0.15) is 0 Å². The van der Waals surface area contributed by atoms with E-state index in [4.69, 9.17) is 14.6 Å². The molecule has 0 aliphatic rings. The molecule has 0 aliphatic carbocycles. The minimum absolute atomic E-state index is 0.00662. The van der Waals surface area contributed by atoms with Gasteiger partial charge in [-0.05, 0) is 54.0 Å². The van der Waals surface area contributed by atoms with Crippen molar-refractivity contribution in [3.8, 4) is 23.0 Å². The summed E-state index contributed by atoms with van der Waals surface area (Å²) in [5.74, 6) is -0.740. The summed E-state index contributed by atoms with van der Waals surface area (Å²) >= 11 is 0. The zero-order chi connectivity index (χ0) is 31.9. The molecule has 2 aromatic carbocycles. The molecule has 0 unspecified atom stereocenters. The average molecular weight is 597 g/mol. The fraction of sp³-hybridized carbons (Fsp3) is 0.457. The number of carboxylic acid groups (broad SMARTS) is 1. The summed E-state index contributed by atoms with van der Waals surface area (Å²) in [6.07, 6.45) is 19.8. The molecule has 0 fully saturated rings. The van der Waals surface area contributed by atoms with Crippen molar-refractivity contribution in [1.82, 2.24) is 0 Å². The molecule has 0 radical (unpaired) electrons. The summed E-state index contributed by atoms with van der Waals surface area (Å²) in [5.41, 5.74) is 1.33. The molecule has 43 heavy (non-hydrogen) atoms. The molecule has 8 nitrogen and oxygen atoms in total. The van der Waals surface area contributed by atoms with Crippen LogP contribution in [0.5, 0.6) is 23.0 Å². The van der Waals surface area contributed by atoms with Gasteiger partial charge < -0.3 is 24.8 Å². The molecule has 2 rings (SSSR count). The summed E-state index contributed by atoms with van der Waals surface area (Å²) in [6, 6.07) is 9.34. The third-order valence-electron chi connectivity index (χ3n) is 6.67. The number of hydrogen-bond donors (Lipinski definition) is 3. The SMILES string of the molecule is CCCCCCCCCCCCCC(=O)O.COc1cc(/C=C/C(=O)CC(=O)/C=C/c2ccc(O)c(OC)c2)ccc1O. The summed E-state index contributed by atoms with van der Waals surface area (Å²) in [5, 5.41) is 27.5. The minimum atomic E-state index is -0.657. The van der Waals surface area contributed by atoms with Gasteiger partial charge in [-0.1, -0.05) is 95.4 Å². The van der Waals surface area contributed by atoms with Crippen molar-refractivity contribution in [2.45, 2.75) is 90.4 Å². The van der Waals surface area contributed by atoms with Crippen molar-refractivity contribution in [3.05, 3.63) is 59.7 Å². The number of methoxy groups -OCH3 is 2. The molecule has 0 atom stereocenters. The molecule has 2 aromatic rings. The largest absolute Gasteiger partial charge is 0.504 e. The van der Waals surface area contributed by atoms with Crippen LogP contribution < -0.4 is 9.47 Å². The Hall–Kier alpha value is -4.07. The van der Waals surface area contributed by atoms with E-state index in [1.807, 2.05) is 0 Å². The molecule has 0 heterocycles. The zero-order valence-electron chi connectivity index (χ0n) is 25.8. The van der Waals surface area contributed by atoms with Crippen LogP contribution >= 0.6 is 0 Å². The Morgan fingerprint density at radius 1 is 0.651 bits per heavy atom. The topological polar surface area (TPSA) is 130 Å². The number of allylic oxidation sites excluding steroid dienone is 2. The number of aromatic hydroxyl groups is 2. The number of aliphatic carboxylic acids is 1. The number of carbonyl (C=O) groups excluding carboxylic acids is 2. The van der Waals surface area contributed by atoms with Gasteiger partial charge in [0, 0.05) is 6.42 Å². The number of carbonyl (C=O) groups is 3. The summed E-state index contributed by atoms with van der Waals surface area (Å²) < 4.78 is 10.00. The molecule has 0 amide bonds. The number of phenols is 2. The number of ether oxygens (including phenoxy) is 2. The summed E-state index contributed by atoms with van der Waals surface area (Å²) in [4.78, 5) is 34.1. The molecule has 0 saturated heterocycles. The average Bonchev–Trinajstić information content (AvgIpc) is 2.99. The van der Waals surface area contributed by atoms with Crippen LogP contribution in [-0.2, 0) is 14.4 Å². The highest BCUT2D eigenvalue weighted by Crippen LogP contribution is 2.27. The van der Waals surface area contributed by atoms with Crippen LogP contribution in [0.1, 0.15) is 102 Å². The van der Waals surface area contributed by atoms with Crippen LogP contribution in [0.3, 0.4) is 0 Å². The van der Waals surface area contributed by atoms with Crippen LogP contribution in [-0.4, -0.2) is 47.1 Å². The van der Waals surface area contributed by atoms with Crippen LogP contribution in [0.4, 0.5) is 0 Å². The standard InChI is InChI=1S/C21H20O6.C14H28O2/c1-26-20-11-14(5-9-18(20)24)3-7-16(22)13-17(23)8-4-15-6-10-19(25)21(12-15)27-2;1-2-3-4-5-6-7-8-9-10-11-12-13-14(15)16/h3-12,24-25H,13H2,1-2H3;2-13H2,1H3,(H,15,16)/b7-3+,8-4+;. The highest BCUT2D eigenvalue weighted by Gasteiger charge is 2.06. The quantitative estimate of drug-likeness (QED) is 0.0793. The second-order valence-electron chi connectivity index (χ2n) is 10.3. The predicted octanol–water partition coefficient (Wildman–Crippen LogP) is 8.14. The number of benzene rings is 2. The van der Waals surface area contributed by atoms with Gasteiger partial charge in [-0.15, -0.1) is 0 Å². The molecule has 0 bridgehead atoms. The lowest BCUT2D eigenvalue weighted by Gasteiger charge is -2.03. The van der Waals surface area contributed by atoms with Gasteiger partial charge in [0.15, 0.2) is 34.6 Å². The van der Waals surface area contributed by atoms with E-state index < -0.39 is 5.97 Å². The first-order valence-electron chi connectivity index (χ1n) is 15.1. The minimum Gasteiger partial charge on any atom is -0.504 e. The second-order valence-corrected chi connectivity index (χ2v) is 10.3. The van der Waals surface area contributed by atoms with Crippen LogP contribution in [0.25, 0.3) is 12.2 Å². The van der Waals surface area contributed by atoms with Gasteiger partial charge in [0.2, 0.25) is 0 Å². The Morgan fingerprint density at radius 2 is 1.05 bits per heavy atom. The van der Waals surface area contributed by atoms with Crippen molar-refractivity contribution >= 4 is 29.7 Å². The normalized spacial score (nSPS) is 10.9. The Bertz CT molecular complexity index is 1110. The van der Waals surface area contributed by atoms with E-state index >= 15 is 0 Å². The highest BCUT2D eigenvalue weighted by atomic mass is 16.5. The molecule has 3 N–H and O–H groups in total. The van der Waals surface area contributed by atoms with Crippen LogP contribution in [0, 0.1) is 0 Å². The molecule has 236 valence electrons. The Morgan fingerprint density at radius 3 is 1.42 bits per heavy atom. The number of hydrogen-bond acceptors (Lipinski definition) is 7. The van der Waals surface area contributed by atoms with Crippen LogP contribution in [0.2, 0.25) is 0 Å². The Kier molecular flexibility index (Phi) is 19.4. The summed E-state index contributed by atoms with van der Waals surface area (Å²) in [6.45, 7) is 2.25. The zero-order valence-corrected chi connectivity index (χ0v) is 25.8. The van der Waals surface area contributed by atoms with E-state index in [-0.39, 0.29) is 29.5 Å². The molecule has 0 aliphatic heterocycles. The molecular weight excluding hydrogens is 548 g/mol.